The Morgan fingerprint density at radius 2 is 1.91 bits per heavy atom. The molecule has 1 saturated heterocycles. The summed E-state index contributed by atoms with van der Waals surface area (Å²) in [4.78, 5) is 1.74. The van der Waals surface area contributed by atoms with Crippen molar-refractivity contribution in [2.75, 3.05) is 32.8 Å². The molecule has 1 N–H and O–H groups in total. The van der Waals surface area contributed by atoms with Crippen LogP contribution < -0.4 is 4.90 Å². The molecule has 11 heavy (non-hydrogen) atoms. The van der Waals surface area contributed by atoms with Gasteiger partial charge >= 0.3 is 0 Å². The average Bonchev–Trinajstić information content (AvgIpc) is 2.07. The number of ether oxygens (including phenoxy) is 1. The van der Waals surface area contributed by atoms with Crippen LogP contribution in [0.4, 0.5) is 0 Å². The molecule has 1 fully saturated rings. The highest BCUT2D eigenvalue weighted by molar-refractivity contribution is 4.41. The molecule has 0 bridgehead atoms. The van der Waals surface area contributed by atoms with Crippen LogP contribution in [0.3, 0.4) is 0 Å². The first kappa shape index (κ1) is 9.01. The van der Waals surface area contributed by atoms with Crippen molar-refractivity contribution in [1.82, 2.24) is 0 Å². The van der Waals surface area contributed by atoms with Gasteiger partial charge in [-0.2, -0.15) is 0 Å². The molecule has 1 rings (SSSR count). The van der Waals surface area contributed by atoms with E-state index in [1.54, 1.807) is 4.90 Å². The largest absolute Gasteiger partial charge is 0.370 e. The first-order valence-corrected chi connectivity index (χ1v) is 4.85. The van der Waals surface area contributed by atoms with Crippen molar-refractivity contribution in [2.45, 2.75) is 26.2 Å². The third kappa shape index (κ3) is 3.73. The first-order chi connectivity index (χ1) is 5.43. The fraction of sp³-hybridized carbons (Fsp3) is 1.00. The van der Waals surface area contributed by atoms with E-state index in [0.29, 0.717) is 0 Å². The summed E-state index contributed by atoms with van der Waals surface area (Å²) in [6.07, 6.45) is 4.12. The van der Waals surface area contributed by atoms with Gasteiger partial charge in [0.2, 0.25) is 0 Å². The van der Waals surface area contributed by atoms with Crippen molar-refractivity contribution >= 4 is 0 Å². The quantitative estimate of drug-likeness (QED) is 0.573. The van der Waals surface area contributed by atoms with Crippen molar-refractivity contribution in [3.05, 3.63) is 0 Å². The van der Waals surface area contributed by atoms with Crippen LogP contribution in [0.1, 0.15) is 26.2 Å². The number of nitrogens with one attached hydrogen (secondary N) is 1. The third-order valence-corrected chi connectivity index (χ3v) is 2.33. The molecular weight excluding hydrogens is 138 g/mol. The minimum Gasteiger partial charge on any atom is -0.370 e. The lowest BCUT2D eigenvalue weighted by Gasteiger charge is -2.23. The predicted octanol–water partition coefficient (Wildman–Crippen LogP) is 0.0917. The maximum absolute atomic E-state index is 5.29. The summed E-state index contributed by atoms with van der Waals surface area (Å²) in [5.41, 5.74) is 0. The highest BCUT2D eigenvalue weighted by atomic mass is 16.5. The molecule has 0 aromatic heterocycles. The van der Waals surface area contributed by atoms with Gasteiger partial charge in [0.1, 0.15) is 13.1 Å². The van der Waals surface area contributed by atoms with Crippen LogP contribution in [0.15, 0.2) is 0 Å². The zero-order valence-corrected chi connectivity index (χ0v) is 7.57. The van der Waals surface area contributed by atoms with Gasteiger partial charge in [-0.1, -0.05) is 13.3 Å². The summed E-state index contributed by atoms with van der Waals surface area (Å²) < 4.78 is 5.29. The number of morpholine rings is 1. The Labute approximate surface area is 69.5 Å². The molecule has 0 radical (unpaired) electrons. The predicted molar refractivity (Wildman–Crippen MR) is 45.9 cm³/mol. The average molecular weight is 158 g/mol. The van der Waals surface area contributed by atoms with Gasteiger partial charge in [0.25, 0.3) is 0 Å². The van der Waals surface area contributed by atoms with Gasteiger partial charge in [0, 0.05) is 0 Å². The molecule has 1 aliphatic heterocycles. The van der Waals surface area contributed by atoms with Crippen LogP contribution in [0.2, 0.25) is 0 Å². The van der Waals surface area contributed by atoms with Gasteiger partial charge in [0.05, 0.1) is 19.8 Å². The SMILES string of the molecule is CCCCC[NH+]1CCOCC1. The summed E-state index contributed by atoms with van der Waals surface area (Å²) in [6, 6.07) is 0. The highest BCUT2D eigenvalue weighted by Gasteiger charge is 2.11. The number of unbranched alkanes of at least 4 members (excludes halogenated alkanes) is 2. The van der Waals surface area contributed by atoms with Gasteiger partial charge in [-0.15, -0.1) is 0 Å². The lowest BCUT2D eigenvalue weighted by Crippen LogP contribution is -3.14. The Balaban J connectivity index is 1.96. The molecule has 0 aromatic rings. The van der Waals surface area contributed by atoms with Gasteiger partial charge in [-0.05, 0) is 12.8 Å². The summed E-state index contributed by atoms with van der Waals surface area (Å²) in [5, 5.41) is 0. The molecule has 1 aliphatic rings. The van der Waals surface area contributed by atoms with Crippen LogP contribution in [-0.2, 0) is 4.74 Å². The summed E-state index contributed by atoms with van der Waals surface area (Å²) >= 11 is 0. The lowest BCUT2D eigenvalue weighted by molar-refractivity contribution is -0.908. The maximum atomic E-state index is 5.29. The number of quaternary nitrogens is 1. The molecule has 1 heterocycles. The standard InChI is InChI=1S/C9H19NO/c1-2-3-4-5-10-6-8-11-9-7-10/h2-9H2,1H3/p+1. The molecule has 2 nitrogen and oxygen atoms in total. The van der Waals surface area contributed by atoms with Crippen LogP contribution >= 0.6 is 0 Å². The minimum atomic E-state index is 0.974. The van der Waals surface area contributed by atoms with Gasteiger partial charge in [-0.25, -0.2) is 0 Å². The smallest absolute Gasteiger partial charge is 0.101 e. The number of hydrogen-bond acceptors (Lipinski definition) is 1. The Kier molecular flexibility index (Phi) is 4.55. The minimum absolute atomic E-state index is 0.974. The molecule has 0 saturated carbocycles. The van der Waals surface area contributed by atoms with Gasteiger partial charge < -0.3 is 9.64 Å². The fourth-order valence-corrected chi connectivity index (χ4v) is 1.54. The van der Waals surface area contributed by atoms with E-state index in [1.165, 1.54) is 38.9 Å². The van der Waals surface area contributed by atoms with Crippen LogP contribution in [-0.4, -0.2) is 32.8 Å². The Morgan fingerprint density at radius 3 is 2.55 bits per heavy atom. The number of rotatable bonds is 4. The van der Waals surface area contributed by atoms with Crippen LogP contribution in [0.5, 0.6) is 0 Å². The summed E-state index contributed by atoms with van der Waals surface area (Å²) in [5.74, 6) is 0. The Bertz CT molecular complexity index is 89.6. The van der Waals surface area contributed by atoms with Crippen LogP contribution in [0, 0.1) is 0 Å². The van der Waals surface area contributed by atoms with E-state index in [1.807, 2.05) is 0 Å². The maximum Gasteiger partial charge on any atom is 0.101 e. The summed E-state index contributed by atoms with van der Waals surface area (Å²) in [6.45, 7) is 8.02. The molecule has 66 valence electrons. The second-order valence-corrected chi connectivity index (χ2v) is 3.32. The normalized spacial score (nSPS) is 20.5. The van der Waals surface area contributed by atoms with Crippen LogP contribution in [0.25, 0.3) is 0 Å². The molecule has 0 amide bonds. The Hall–Kier alpha value is -0.0800. The van der Waals surface area contributed by atoms with Crippen molar-refractivity contribution < 1.29 is 9.64 Å². The van der Waals surface area contributed by atoms with Crippen molar-refractivity contribution in [2.24, 2.45) is 0 Å². The van der Waals surface area contributed by atoms with E-state index in [2.05, 4.69) is 6.92 Å². The van der Waals surface area contributed by atoms with Crippen molar-refractivity contribution in [3.63, 3.8) is 0 Å². The first-order valence-electron chi connectivity index (χ1n) is 4.85. The molecule has 0 unspecified atom stereocenters. The van der Waals surface area contributed by atoms with Gasteiger partial charge in [0.15, 0.2) is 0 Å². The van der Waals surface area contributed by atoms with E-state index in [4.69, 9.17) is 4.74 Å². The third-order valence-electron chi connectivity index (χ3n) is 2.33. The molecule has 0 aromatic carbocycles. The van der Waals surface area contributed by atoms with Crippen molar-refractivity contribution in [1.29, 1.82) is 0 Å². The highest BCUT2D eigenvalue weighted by Crippen LogP contribution is 1.89. The molecule has 0 aliphatic carbocycles. The van der Waals surface area contributed by atoms with E-state index in [-0.39, 0.29) is 0 Å². The zero-order valence-electron chi connectivity index (χ0n) is 7.57. The van der Waals surface area contributed by atoms with Gasteiger partial charge in [-0.3, -0.25) is 0 Å². The Morgan fingerprint density at radius 1 is 1.18 bits per heavy atom. The zero-order chi connectivity index (χ0) is 7.94. The van der Waals surface area contributed by atoms with E-state index in [0.717, 1.165) is 13.2 Å². The van der Waals surface area contributed by atoms with Crippen molar-refractivity contribution in [3.8, 4) is 0 Å². The van der Waals surface area contributed by atoms with E-state index in [9.17, 15) is 0 Å². The monoisotopic (exact) mass is 158 g/mol. The molecule has 0 atom stereocenters. The van der Waals surface area contributed by atoms with E-state index >= 15 is 0 Å². The molecule has 2 heteroatoms. The number of hydrogen-bond donors (Lipinski definition) is 1. The lowest BCUT2D eigenvalue weighted by atomic mass is 10.2. The topological polar surface area (TPSA) is 13.7 Å². The molecule has 0 spiro atoms. The summed E-state index contributed by atoms with van der Waals surface area (Å²) in [7, 11) is 0. The second kappa shape index (κ2) is 5.56. The fourth-order valence-electron chi connectivity index (χ4n) is 1.54. The second-order valence-electron chi connectivity index (χ2n) is 3.32. The molecular formula is C9H20NO+. The van der Waals surface area contributed by atoms with E-state index < -0.39 is 0 Å².